The smallest absolute Gasteiger partial charge is 0.165 e. The number of nitrogens with one attached hydrogen (secondary N) is 1. The van der Waals surface area contributed by atoms with Crippen LogP contribution < -0.4 is 10.1 Å². The average Bonchev–Trinajstić information content (AvgIpc) is 2.28. The van der Waals surface area contributed by atoms with Gasteiger partial charge in [-0.05, 0) is 12.6 Å². The molecule has 0 aliphatic carbocycles. The van der Waals surface area contributed by atoms with E-state index in [4.69, 9.17) is 5.11 Å². The van der Waals surface area contributed by atoms with Crippen molar-refractivity contribution in [1.29, 1.82) is 0 Å². The second kappa shape index (κ2) is 5.77. The van der Waals surface area contributed by atoms with Gasteiger partial charge in [0, 0.05) is 11.6 Å². The summed E-state index contributed by atoms with van der Waals surface area (Å²) in [6.07, 6.45) is 0. The molecule has 0 saturated carbocycles. The number of aliphatic hydroxyl groups is 1. The minimum atomic E-state index is -0.643. The molecule has 16 heavy (non-hydrogen) atoms. The van der Waals surface area contributed by atoms with E-state index in [1.54, 1.807) is 0 Å². The summed E-state index contributed by atoms with van der Waals surface area (Å²) in [4.78, 5) is 0. The first-order valence-corrected chi connectivity index (χ1v) is 5.01. The molecule has 1 unspecified atom stereocenters. The number of hydrogen-bond acceptors (Lipinski definition) is 3. The molecule has 1 aromatic carbocycles. The molecule has 0 amide bonds. The van der Waals surface area contributed by atoms with Crippen molar-refractivity contribution in [3.63, 3.8) is 0 Å². The lowest BCUT2D eigenvalue weighted by molar-refractivity contribution is 0.242. The number of ether oxygens (including phenoxy) is 1. The molecular weight excluding hydrogens is 216 g/mol. The van der Waals surface area contributed by atoms with Gasteiger partial charge in [0.2, 0.25) is 0 Å². The highest BCUT2D eigenvalue weighted by Gasteiger charge is 2.17. The highest BCUT2D eigenvalue weighted by atomic mass is 19.1. The molecule has 3 nitrogen and oxygen atoms in total. The standard InChI is InChI=1S/C11H15F2NO2/c1-3-14-10(6-15)7-4-9(13)11(16-2)5-8(7)12/h4-5,10,14-15H,3,6H2,1-2H3. The Morgan fingerprint density at radius 1 is 1.38 bits per heavy atom. The quantitative estimate of drug-likeness (QED) is 0.809. The molecular formula is C11H15F2NO2. The van der Waals surface area contributed by atoms with Crippen molar-refractivity contribution in [2.75, 3.05) is 20.3 Å². The van der Waals surface area contributed by atoms with Gasteiger partial charge in [0.15, 0.2) is 11.6 Å². The number of benzene rings is 1. The largest absolute Gasteiger partial charge is 0.494 e. The van der Waals surface area contributed by atoms with Gasteiger partial charge in [-0.3, -0.25) is 0 Å². The second-order valence-corrected chi connectivity index (χ2v) is 3.30. The molecule has 5 heteroatoms. The van der Waals surface area contributed by atoms with Crippen molar-refractivity contribution in [2.45, 2.75) is 13.0 Å². The molecule has 0 aromatic heterocycles. The van der Waals surface area contributed by atoms with Gasteiger partial charge in [0.25, 0.3) is 0 Å². The first-order valence-electron chi connectivity index (χ1n) is 5.01. The Labute approximate surface area is 93.0 Å². The number of rotatable bonds is 5. The van der Waals surface area contributed by atoms with Crippen molar-refractivity contribution < 1.29 is 18.6 Å². The topological polar surface area (TPSA) is 41.5 Å². The van der Waals surface area contributed by atoms with Crippen molar-refractivity contribution in [2.24, 2.45) is 0 Å². The lowest BCUT2D eigenvalue weighted by Gasteiger charge is -2.17. The molecule has 0 spiro atoms. The molecule has 1 aromatic rings. The van der Waals surface area contributed by atoms with Crippen LogP contribution in [0.2, 0.25) is 0 Å². The Morgan fingerprint density at radius 3 is 2.56 bits per heavy atom. The fourth-order valence-electron chi connectivity index (χ4n) is 1.49. The molecule has 2 N–H and O–H groups in total. The maximum absolute atomic E-state index is 13.6. The maximum Gasteiger partial charge on any atom is 0.165 e. The molecule has 0 radical (unpaired) electrons. The van der Waals surface area contributed by atoms with Crippen molar-refractivity contribution >= 4 is 0 Å². The predicted octanol–water partition coefficient (Wildman–Crippen LogP) is 1.62. The van der Waals surface area contributed by atoms with Gasteiger partial charge < -0.3 is 15.2 Å². The molecule has 1 rings (SSSR count). The van der Waals surface area contributed by atoms with E-state index in [9.17, 15) is 8.78 Å². The van der Waals surface area contributed by atoms with Crippen LogP contribution in [0.25, 0.3) is 0 Å². The molecule has 0 bridgehead atoms. The Balaban J connectivity index is 3.08. The van der Waals surface area contributed by atoms with Crippen molar-refractivity contribution in [3.05, 3.63) is 29.3 Å². The van der Waals surface area contributed by atoms with Crippen LogP contribution in [0, 0.1) is 11.6 Å². The minimum Gasteiger partial charge on any atom is -0.494 e. The predicted molar refractivity (Wildman–Crippen MR) is 56.4 cm³/mol. The van der Waals surface area contributed by atoms with Gasteiger partial charge in [-0.15, -0.1) is 0 Å². The van der Waals surface area contributed by atoms with Crippen LogP contribution in [0.15, 0.2) is 12.1 Å². The molecule has 0 aliphatic rings. The summed E-state index contributed by atoms with van der Waals surface area (Å²) in [6.45, 7) is 2.08. The Morgan fingerprint density at radius 2 is 2.06 bits per heavy atom. The van der Waals surface area contributed by atoms with Crippen LogP contribution in [0.4, 0.5) is 8.78 Å². The zero-order chi connectivity index (χ0) is 12.1. The van der Waals surface area contributed by atoms with E-state index in [-0.39, 0.29) is 17.9 Å². The van der Waals surface area contributed by atoms with Crippen LogP contribution in [0.1, 0.15) is 18.5 Å². The molecule has 1 atom stereocenters. The average molecular weight is 231 g/mol. The lowest BCUT2D eigenvalue weighted by Crippen LogP contribution is -2.25. The molecule has 0 heterocycles. The van der Waals surface area contributed by atoms with Crippen LogP contribution in [-0.2, 0) is 0 Å². The zero-order valence-corrected chi connectivity index (χ0v) is 9.26. The Kier molecular flexibility index (Phi) is 4.64. The fraction of sp³-hybridized carbons (Fsp3) is 0.455. The SMILES string of the molecule is CCNC(CO)c1cc(F)c(OC)cc1F. The molecule has 90 valence electrons. The first-order chi connectivity index (χ1) is 7.63. The van der Waals surface area contributed by atoms with E-state index in [1.807, 2.05) is 6.92 Å². The van der Waals surface area contributed by atoms with Crippen LogP contribution >= 0.6 is 0 Å². The van der Waals surface area contributed by atoms with Gasteiger partial charge in [0.1, 0.15) is 5.82 Å². The van der Waals surface area contributed by atoms with Crippen molar-refractivity contribution in [3.8, 4) is 5.75 Å². The van der Waals surface area contributed by atoms with Gasteiger partial charge in [-0.1, -0.05) is 6.92 Å². The van der Waals surface area contributed by atoms with Gasteiger partial charge in [-0.2, -0.15) is 0 Å². The number of aliphatic hydroxyl groups excluding tert-OH is 1. The summed E-state index contributed by atoms with van der Waals surface area (Å²) in [5, 5.41) is 11.9. The van der Waals surface area contributed by atoms with E-state index in [0.29, 0.717) is 6.54 Å². The molecule has 0 fully saturated rings. The van der Waals surface area contributed by atoms with Gasteiger partial charge in [0.05, 0.1) is 19.8 Å². The number of hydrogen-bond donors (Lipinski definition) is 2. The first kappa shape index (κ1) is 12.9. The van der Waals surface area contributed by atoms with E-state index in [1.165, 1.54) is 7.11 Å². The number of halogens is 2. The van der Waals surface area contributed by atoms with Crippen molar-refractivity contribution in [1.82, 2.24) is 5.32 Å². The van der Waals surface area contributed by atoms with Crippen LogP contribution in [0.3, 0.4) is 0 Å². The maximum atomic E-state index is 13.6. The monoisotopic (exact) mass is 231 g/mol. The van der Waals surface area contributed by atoms with E-state index in [2.05, 4.69) is 10.1 Å². The summed E-state index contributed by atoms with van der Waals surface area (Å²) in [7, 11) is 1.27. The fourth-order valence-corrected chi connectivity index (χ4v) is 1.49. The van der Waals surface area contributed by atoms with E-state index >= 15 is 0 Å². The lowest BCUT2D eigenvalue weighted by atomic mass is 10.1. The van der Waals surface area contributed by atoms with Gasteiger partial charge in [-0.25, -0.2) is 8.78 Å². The van der Waals surface area contributed by atoms with E-state index in [0.717, 1.165) is 12.1 Å². The summed E-state index contributed by atoms with van der Waals surface area (Å²) >= 11 is 0. The summed E-state index contributed by atoms with van der Waals surface area (Å²) in [6, 6.07) is 1.41. The highest BCUT2D eigenvalue weighted by Crippen LogP contribution is 2.25. The third-order valence-corrected chi connectivity index (χ3v) is 2.28. The van der Waals surface area contributed by atoms with E-state index < -0.39 is 17.7 Å². The number of likely N-dealkylation sites (N-methyl/N-ethyl adjacent to an activating group) is 1. The third kappa shape index (κ3) is 2.68. The zero-order valence-electron chi connectivity index (χ0n) is 9.26. The number of methoxy groups -OCH3 is 1. The van der Waals surface area contributed by atoms with Crippen LogP contribution in [0.5, 0.6) is 5.75 Å². The van der Waals surface area contributed by atoms with Crippen LogP contribution in [-0.4, -0.2) is 25.4 Å². The molecule has 0 aliphatic heterocycles. The summed E-state index contributed by atoms with van der Waals surface area (Å²) in [5.41, 5.74) is 0.0997. The van der Waals surface area contributed by atoms with Gasteiger partial charge >= 0.3 is 0 Å². The normalized spacial score (nSPS) is 12.6. The Hall–Kier alpha value is -1.20. The highest BCUT2D eigenvalue weighted by molar-refractivity contribution is 5.32. The minimum absolute atomic E-state index is 0.0997. The Bertz CT molecular complexity index is 358. The molecule has 0 saturated heterocycles. The second-order valence-electron chi connectivity index (χ2n) is 3.30. The third-order valence-electron chi connectivity index (χ3n) is 2.28. The summed E-state index contributed by atoms with van der Waals surface area (Å²) in [5.74, 6) is -1.39. The summed E-state index contributed by atoms with van der Waals surface area (Å²) < 4.78 is 31.6.